The second kappa shape index (κ2) is 8.98. The molecule has 2 rings (SSSR count). The van der Waals surface area contributed by atoms with Crippen LogP contribution in [0, 0.1) is 0 Å². The predicted octanol–water partition coefficient (Wildman–Crippen LogP) is 2.02. The lowest BCUT2D eigenvalue weighted by Gasteiger charge is -2.18. The third kappa shape index (κ3) is 5.53. The largest absolute Gasteiger partial charge is 0.496 e. The number of amides is 1. The van der Waals surface area contributed by atoms with Crippen molar-refractivity contribution in [3.63, 3.8) is 0 Å². The van der Waals surface area contributed by atoms with E-state index < -0.39 is 10.0 Å². The second-order valence-corrected chi connectivity index (χ2v) is 8.50. The zero-order valence-electron chi connectivity index (χ0n) is 16.0. The van der Waals surface area contributed by atoms with Gasteiger partial charge in [0.15, 0.2) is 0 Å². The number of hydrogen-bond donors (Lipinski definition) is 1. The average Bonchev–Trinajstić information content (AvgIpc) is 2.62. The molecule has 0 aliphatic carbocycles. The number of ether oxygens (including phenoxy) is 1. The molecule has 0 spiro atoms. The van der Waals surface area contributed by atoms with E-state index in [2.05, 4.69) is 5.32 Å². The van der Waals surface area contributed by atoms with Gasteiger partial charge in [0.25, 0.3) is 0 Å². The van der Waals surface area contributed by atoms with E-state index in [1.54, 1.807) is 19.2 Å². The van der Waals surface area contributed by atoms with Gasteiger partial charge in [-0.25, -0.2) is 12.7 Å². The van der Waals surface area contributed by atoms with Crippen molar-refractivity contribution in [2.45, 2.75) is 11.4 Å². The first-order chi connectivity index (χ1) is 12.7. The van der Waals surface area contributed by atoms with Gasteiger partial charge in [0.1, 0.15) is 5.75 Å². The van der Waals surface area contributed by atoms with Gasteiger partial charge in [0, 0.05) is 31.9 Å². The van der Waals surface area contributed by atoms with Crippen LogP contribution in [0.5, 0.6) is 5.75 Å². The van der Waals surface area contributed by atoms with Crippen molar-refractivity contribution in [2.75, 3.05) is 40.1 Å². The summed E-state index contributed by atoms with van der Waals surface area (Å²) >= 11 is 0. The van der Waals surface area contributed by atoms with E-state index in [0.29, 0.717) is 12.2 Å². The molecule has 8 heteroatoms. The van der Waals surface area contributed by atoms with Crippen LogP contribution < -0.4 is 10.1 Å². The number of nitrogens with one attached hydrogen (secondary N) is 1. The summed E-state index contributed by atoms with van der Waals surface area (Å²) in [6, 6.07) is 13.8. The minimum Gasteiger partial charge on any atom is -0.496 e. The van der Waals surface area contributed by atoms with E-state index in [0.717, 1.165) is 15.6 Å². The summed E-state index contributed by atoms with van der Waals surface area (Å²) in [5.74, 6) is 0.595. The van der Waals surface area contributed by atoms with Gasteiger partial charge in [-0.05, 0) is 37.4 Å². The zero-order valence-corrected chi connectivity index (χ0v) is 16.8. The highest BCUT2D eigenvalue weighted by molar-refractivity contribution is 7.89. The Morgan fingerprint density at radius 3 is 2.26 bits per heavy atom. The number of nitrogens with zero attached hydrogens (tertiary/aromatic N) is 2. The summed E-state index contributed by atoms with van der Waals surface area (Å²) in [5, 5.41) is 2.77. The van der Waals surface area contributed by atoms with E-state index in [1.807, 2.05) is 36.2 Å². The monoisotopic (exact) mass is 391 g/mol. The molecule has 0 saturated heterocycles. The van der Waals surface area contributed by atoms with Gasteiger partial charge in [0.05, 0.1) is 18.6 Å². The van der Waals surface area contributed by atoms with Gasteiger partial charge in [-0.2, -0.15) is 0 Å². The van der Waals surface area contributed by atoms with Crippen LogP contribution in [0.2, 0.25) is 0 Å². The van der Waals surface area contributed by atoms with Crippen molar-refractivity contribution >= 4 is 21.6 Å². The number of anilines is 1. The molecular weight excluding hydrogens is 366 g/mol. The molecule has 0 aromatic heterocycles. The van der Waals surface area contributed by atoms with Gasteiger partial charge >= 0.3 is 0 Å². The SMILES string of the molecule is COc1ccccc1CN(C)CC(=O)Nc1ccc(S(=O)(=O)N(C)C)cc1. The van der Waals surface area contributed by atoms with Gasteiger partial charge in [-0.3, -0.25) is 9.69 Å². The Morgan fingerprint density at radius 1 is 1.04 bits per heavy atom. The van der Waals surface area contributed by atoms with Crippen LogP contribution in [0.25, 0.3) is 0 Å². The maximum Gasteiger partial charge on any atom is 0.242 e. The molecular formula is C19H25N3O4S. The Bertz CT molecular complexity index is 880. The van der Waals surface area contributed by atoms with Gasteiger partial charge < -0.3 is 10.1 Å². The van der Waals surface area contributed by atoms with Crippen LogP contribution in [0.15, 0.2) is 53.4 Å². The van der Waals surface area contributed by atoms with Crippen molar-refractivity contribution in [1.29, 1.82) is 0 Å². The molecule has 0 radical (unpaired) electrons. The number of carbonyl (C=O) groups excluding carboxylic acids is 1. The number of rotatable bonds is 8. The number of benzene rings is 2. The van der Waals surface area contributed by atoms with Gasteiger partial charge in [0.2, 0.25) is 15.9 Å². The van der Waals surface area contributed by atoms with E-state index in [-0.39, 0.29) is 17.3 Å². The van der Waals surface area contributed by atoms with Crippen molar-refractivity contribution in [3.8, 4) is 5.75 Å². The van der Waals surface area contributed by atoms with Gasteiger partial charge in [-0.15, -0.1) is 0 Å². The molecule has 0 unspecified atom stereocenters. The fourth-order valence-electron chi connectivity index (χ4n) is 2.55. The molecule has 27 heavy (non-hydrogen) atoms. The third-order valence-corrected chi connectivity index (χ3v) is 5.79. The van der Waals surface area contributed by atoms with Crippen molar-refractivity contribution < 1.29 is 17.9 Å². The standard InChI is InChI=1S/C19H25N3O4S/c1-21(2)27(24,25)17-11-9-16(10-12-17)20-19(23)14-22(3)13-15-7-5-6-8-18(15)26-4/h5-12H,13-14H2,1-4H3,(H,20,23). The number of hydrogen-bond acceptors (Lipinski definition) is 5. The molecule has 146 valence electrons. The lowest BCUT2D eigenvalue weighted by molar-refractivity contribution is -0.117. The van der Waals surface area contributed by atoms with Crippen LogP contribution in [-0.2, 0) is 21.4 Å². The minimum atomic E-state index is -3.48. The summed E-state index contributed by atoms with van der Waals surface area (Å²) in [5.41, 5.74) is 1.54. The summed E-state index contributed by atoms with van der Waals surface area (Å²) < 4.78 is 30.6. The molecule has 1 N–H and O–H groups in total. The van der Waals surface area contributed by atoms with E-state index >= 15 is 0 Å². The van der Waals surface area contributed by atoms with Crippen molar-refractivity contribution in [1.82, 2.24) is 9.21 Å². The van der Waals surface area contributed by atoms with Crippen LogP contribution in [0.1, 0.15) is 5.56 Å². The Balaban J connectivity index is 1.95. The highest BCUT2D eigenvalue weighted by Crippen LogP contribution is 2.19. The number of carbonyl (C=O) groups is 1. The molecule has 0 aliphatic heterocycles. The van der Waals surface area contributed by atoms with E-state index in [4.69, 9.17) is 4.74 Å². The summed E-state index contributed by atoms with van der Waals surface area (Å²) in [4.78, 5) is 14.3. The van der Waals surface area contributed by atoms with Crippen LogP contribution >= 0.6 is 0 Å². The first-order valence-corrected chi connectivity index (χ1v) is 9.81. The Morgan fingerprint density at radius 2 is 1.67 bits per heavy atom. The maximum atomic E-state index is 12.2. The number of likely N-dealkylation sites (N-methyl/N-ethyl adjacent to an activating group) is 1. The molecule has 1 amide bonds. The van der Waals surface area contributed by atoms with Crippen LogP contribution in [-0.4, -0.2) is 58.3 Å². The quantitative estimate of drug-likeness (QED) is 0.745. The zero-order chi connectivity index (χ0) is 20.0. The smallest absolute Gasteiger partial charge is 0.242 e. The molecule has 2 aromatic carbocycles. The normalized spacial score (nSPS) is 11.6. The molecule has 2 aromatic rings. The molecule has 0 aliphatic rings. The van der Waals surface area contributed by atoms with Crippen molar-refractivity contribution in [3.05, 3.63) is 54.1 Å². The molecule has 0 heterocycles. The van der Waals surface area contributed by atoms with E-state index in [9.17, 15) is 13.2 Å². The lowest BCUT2D eigenvalue weighted by Crippen LogP contribution is -2.30. The highest BCUT2D eigenvalue weighted by atomic mass is 32.2. The minimum absolute atomic E-state index is 0.179. The first-order valence-electron chi connectivity index (χ1n) is 8.37. The summed E-state index contributed by atoms with van der Waals surface area (Å²) in [6.45, 7) is 0.757. The predicted molar refractivity (Wildman–Crippen MR) is 105 cm³/mol. The number of sulfonamides is 1. The Kier molecular flexibility index (Phi) is 6.95. The Labute approximate surface area is 160 Å². The highest BCUT2D eigenvalue weighted by Gasteiger charge is 2.17. The average molecular weight is 391 g/mol. The molecule has 0 atom stereocenters. The van der Waals surface area contributed by atoms with Crippen LogP contribution in [0.4, 0.5) is 5.69 Å². The maximum absolute atomic E-state index is 12.2. The molecule has 0 saturated carbocycles. The fraction of sp³-hybridized carbons (Fsp3) is 0.316. The second-order valence-electron chi connectivity index (χ2n) is 6.34. The lowest BCUT2D eigenvalue weighted by atomic mass is 10.2. The molecule has 0 fully saturated rings. The van der Waals surface area contributed by atoms with E-state index in [1.165, 1.54) is 26.2 Å². The number of methoxy groups -OCH3 is 1. The van der Waals surface area contributed by atoms with Crippen molar-refractivity contribution in [2.24, 2.45) is 0 Å². The van der Waals surface area contributed by atoms with Crippen LogP contribution in [0.3, 0.4) is 0 Å². The number of para-hydroxylation sites is 1. The third-order valence-electron chi connectivity index (χ3n) is 3.96. The fourth-order valence-corrected chi connectivity index (χ4v) is 3.45. The summed E-state index contributed by atoms with van der Waals surface area (Å²) in [7, 11) is 2.93. The summed E-state index contributed by atoms with van der Waals surface area (Å²) in [6.07, 6.45) is 0. The van der Waals surface area contributed by atoms with Gasteiger partial charge in [-0.1, -0.05) is 18.2 Å². The first kappa shape index (κ1) is 20.9. The topological polar surface area (TPSA) is 79.0 Å². The Hall–Kier alpha value is -2.42. The molecule has 0 bridgehead atoms. The molecule has 7 nitrogen and oxygen atoms in total.